The molecule has 2 nitrogen and oxygen atoms in total. The Hall–Kier alpha value is -2.01. The highest BCUT2D eigenvalue weighted by Crippen LogP contribution is 2.25. The van der Waals surface area contributed by atoms with Crippen LogP contribution in [0.5, 0.6) is 5.75 Å². The zero-order valence-electron chi connectivity index (χ0n) is 11.8. The summed E-state index contributed by atoms with van der Waals surface area (Å²) in [4.78, 5) is 0. The second kappa shape index (κ2) is 6.63. The maximum Gasteiger partial charge on any atom is 0.168 e. The molecule has 1 atom stereocenters. The predicted octanol–water partition coefficient (Wildman–Crippen LogP) is 3.62. The zero-order chi connectivity index (χ0) is 15.4. The average Bonchev–Trinajstić information content (AvgIpc) is 2.45. The number of ether oxygens (including phenoxy) is 1. The number of hydrogen-bond acceptors (Lipinski definition) is 2. The molecule has 0 aromatic heterocycles. The van der Waals surface area contributed by atoms with Gasteiger partial charge in [0, 0.05) is 12.1 Å². The summed E-state index contributed by atoms with van der Waals surface area (Å²) >= 11 is 0. The maximum atomic E-state index is 14.1. The van der Waals surface area contributed by atoms with Crippen molar-refractivity contribution in [1.82, 2.24) is 5.32 Å². The molecule has 0 amide bonds. The maximum absolute atomic E-state index is 14.1. The first-order valence-corrected chi connectivity index (χ1v) is 6.49. The SMILES string of the molecule is CNC(Cc1cccc(OC)c1F)c1cc(F)cc(F)c1. The van der Waals surface area contributed by atoms with E-state index < -0.39 is 23.5 Å². The largest absolute Gasteiger partial charge is 0.494 e. The van der Waals surface area contributed by atoms with Crippen molar-refractivity contribution in [3.8, 4) is 5.75 Å². The molecule has 0 bridgehead atoms. The van der Waals surface area contributed by atoms with Crippen LogP contribution in [-0.4, -0.2) is 14.2 Å². The van der Waals surface area contributed by atoms with Crippen molar-refractivity contribution in [1.29, 1.82) is 0 Å². The molecule has 2 aromatic carbocycles. The van der Waals surface area contributed by atoms with Gasteiger partial charge in [-0.3, -0.25) is 0 Å². The summed E-state index contributed by atoms with van der Waals surface area (Å²) in [6.07, 6.45) is 0.252. The fourth-order valence-corrected chi connectivity index (χ4v) is 2.25. The third-order valence-electron chi connectivity index (χ3n) is 3.32. The fraction of sp³-hybridized carbons (Fsp3) is 0.250. The van der Waals surface area contributed by atoms with E-state index in [9.17, 15) is 13.2 Å². The number of likely N-dealkylation sites (N-methyl/N-ethyl adjacent to an activating group) is 1. The number of halogens is 3. The van der Waals surface area contributed by atoms with E-state index in [1.54, 1.807) is 19.2 Å². The van der Waals surface area contributed by atoms with Crippen LogP contribution in [0.15, 0.2) is 36.4 Å². The summed E-state index contributed by atoms with van der Waals surface area (Å²) in [5.74, 6) is -1.63. The molecule has 112 valence electrons. The van der Waals surface area contributed by atoms with E-state index in [0.29, 0.717) is 11.1 Å². The molecule has 0 saturated carbocycles. The van der Waals surface area contributed by atoms with Crippen LogP contribution in [0.25, 0.3) is 0 Å². The van der Waals surface area contributed by atoms with E-state index in [2.05, 4.69) is 5.32 Å². The number of methoxy groups -OCH3 is 1. The Morgan fingerprint density at radius 1 is 1.10 bits per heavy atom. The van der Waals surface area contributed by atoms with Crippen LogP contribution in [0.2, 0.25) is 0 Å². The molecule has 0 aliphatic heterocycles. The highest BCUT2D eigenvalue weighted by molar-refractivity contribution is 5.33. The Balaban J connectivity index is 2.31. The Labute approximate surface area is 121 Å². The summed E-state index contributed by atoms with van der Waals surface area (Å²) in [6, 6.07) is 7.70. The zero-order valence-corrected chi connectivity index (χ0v) is 11.8. The molecule has 0 fully saturated rings. The lowest BCUT2D eigenvalue weighted by Crippen LogP contribution is -2.20. The van der Waals surface area contributed by atoms with Gasteiger partial charge in [-0.05, 0) is 42.8 Å². The van der Waals surface area contributed by atoms with E-state index in [4.69, 9.17) is 4.74 Å². The first kappa shape index (κ1) is 15.4. The molecule has 0 spiro atoms. The Morgan fingerprint density at radius 3 is 2.33 bits per heavy atom. The average molecular weight is 295 g/mol. The molecule has 0 radical (unpaired) electrons. The van der Waals surface area contributed by atoms with Gasteiger partial charge in [-0.25, -0.2) is 13.2 Å². The lowest BCUT2D eigenvalue weighted by Gasteiger charge is -2.18. The van der Waals surface area contributed by atoms with Crippen molar-refractivity contribution in [3.63, 3.8) is 0 Å². The monoisotopic (exact) mass is 295 g/mol. The second-order valence-electron chi connectivity index (χ2n) is 4.68. The molecule has 0 aliphatic rings. The van der Waals surface area contributed by atoms with Crippen molar-refractivity contribution in [2.45, 2.75) is 12.5 Å². The van der Waals surface area contributed by atoms with Crippen LogP contribution < -0.4 is 10.1 Å². The molecule has 1 unspecified atom stereocenters. The molecule has 2 rings (SSSR count). The summed E-state index contributed by atoms with van der Waals surface area (Å²) in [7, 11) is 3.05. The van der Waals surface area contributed by atoms with E-state index in [0.717, 1.165) is 6.07 Å². The van der Waals surface area contributed by atoms with Crippen LogP contribution >= 0.6 is 0 Å². The first-order valence-electron chi connectivity index (χ1n) is 6.49. The van der Waals surface area contributed by atoms with Gasteiger partial charge >= 0.3 is 0 Å². The van der Waals surface area contributed by atoms with E-state index >= 15 is 0 Å². The molecule has 21 heavy (non-hydrogen) atoms. The van der Waals surface area contributed by atoms with Gasteiger partial charge in [0.15, 0.2) is 11.6 Å². The minimum atomic E-state index is -0.656. The van der Waals surface area contributed by atoms with Crippen molar-refractivity contribution in [3.05, 3.63) is 65.0 Å². The fourth-order valence-electron chi connectivity index (χ4n) is 2.25. The Bertz CT molecular complexity index is 611. The third-order valence-corrected chi connectivity index (χ3v) is 3.32. The molecule has 0 saturated heterocycles. The van der Waals surface area contributed by atoms with Crippen LogP contribution in [0.4, 0.5) is 13.2 Å². The minimum Gasteiger partial charge on any atom is -0.494 e. The van der Waals surface area contributed by atoms with Gasteiger partial charge in [0.05, 0.1) is 7.11 Å². The molecule has 2 aromatic rings. The quantitative estimate of drug-likeness (QED) is 0.909. The summed E-state index contributed by atoms with van der Waals surface area (Å²) < 4.78 is 45.7. The number of nitrogens with one attached hydrogen (secondary N) is 1. The molecular weight excluding hydrogens is 279 g/mol. The Morgan fingerprint density at radius 2 is 1.76 bits per heavy atom. The van der Waals surface area contributed by atoms with E-state index in [-0.39, 0.29) is 12.2 Å². The van der Waals surface area contributed by atoms with Crippen LogP contribution in [-0.2, 0) is 6.42 Å². The molecular formula is C16H16F3NO. The van der Waals surface area contributed by atoms with Gasteiger partial charge in [-0.2, -0.15) is 0 Å². The summed E-state index contributed by atoms with van der Waals surface area (Å²) in [6.45, 7) is 0. The minimum absolute atomic E-state index is 0.146. The van der Waals surface area contributed by atoms with Crippen molar-refractivity contribution in [2.24, 2.45) is 0 Å². The standard InChI is InChI=1S/C16H16F3NO/c1-20-14(11-6-12(17)9-13(18)7-11)8-10-4-3-5-15(21-2)16(10)19/h3-7,9,14,20H,8H2,1-2H3. The number of hydrogen-bond donors (Lipinski definition) is 1. The second-order valence-corrected chi connectivity index (χ2v) is 4.68. The molecule has 0 heterocycles. The number of benzene rings is 2. The first-order chi connectivity index (χ1) is 10.0. The molecule has 0 aliphatic carbocycles. The lowest BCUT2D eigenvalue weighted by molar-refractivity contribution is 0.383. The highest BCUT2D eigenvalue weighted by Gasteiger charge is 2.16. The number of rotatable bonds is 5. The Kier molecular flexibility index (Phi) is 4.85. The normalized spacial score (nSPS) is 12.2. The molecule has 5 heteroatoms. The lowest BCUT2D eigenvalue weighted by atomic mass is 9.98. The van der Waals surface area contributed by atoms with E-state index in [1.165, 1.54) is 25.3 Å². The van der Waals surface area contributed by atoms with Crippen molar-refractivity contribution in [2.75, 3.05) is 14.2 Å². The van der Waals surface area contributed by atoms with Gasteiger partial charge in [0.2, 0.25) is 0 Å². The van der Waals surface area contributed by atoms with Gasteiger partial charge in [-0.1, -0.05) is 12.1 Å². The highest BCUT2D eigenvalue weighted by atomic mass is 19.1. The van der Waals surface area contributed by atoms with Crippen molar-refractivity contribution < 1.29 is 17.9 Å². The van der Waals surface area contributed by atoms with Gasteiger partial charge in [0.25, 0.3) is 0 Å². The summed E-state index contributed by atoms with van der Waals surface area (Å²) in [5.41, 5.74) is 0.843. The van der Waals surface area contributed by atoms with Gasteiger partial charge < -0.3 is 10.1 Å². The van der Waals surface area contributed by atoms with Crippen LogP contribution in [0.1, 0.15) is 17.2 Å². The van der Waals surface area contributed by atoms with Gasteiger partial charge in [-0.15, -0.1) is 0 Å². The molecule has 1 N–H and O–H groups in total. The van der Waals surface area contributed by atoms with Crippen LogP contribution in [0, 0.1) is 17.5 Å². The topological polar surface area (TPSA) is 21.3 Å². The third kappa shape index (κ3) is 3.55. The smallest absolute Gasteiger partial charge is 0.168 e. The predicted molar refractivity (Wildman–Crippen MR) is 74.8 cm³/mol. The van der Waals surface area contributed by atoms with Gasteiger partial charge in [0.1, 0.15) is 11.6 Å². The van der Waals surface area contributed by atoms with Crippen LogP contribution in [0.3, 0.4) is 0 Å². The van der Waals surface area contributed by atoms with Crippen molar-refractivity contribution >= 4 is 0 Å². The van der Waals surface area contributed by atoms with E-state index in [1.807, 2.05) is 0 Å². The summed E-state index contributed by atoms with van der Waals surface area (Å²) in [5, 5.41) is 2.95.